The molecule has 2 saturated carbocycles. The first-order valence-corrected chi connectivity index (χ1v) is 9.69. The van der Waals surface area contributed by atoms with Crippen LogP contribution in [0.4, 0.5) is 0 Å². The standard InChI is InChI=1S/C18H35N3O2/c19-14-8-7-13-17(18(22)23)20-21(15-9-3-1-4-10-15)16-11-5-2-6-12-16/h15-17,20H,1-14,19H2,(H,22,23)/t17-/m0/s1. The van der Waals surface area contributed by atoms with E-state index in [1.54, 1.807) is 0 Å². The molecule has 2 aliphatic rings. The van der Waals surface area contributed by atoms with Crippen LogP contribution in [0.2, 0.25) is 0 Å². The van der Waals surface area contributed by atoms with Crippen molar-refractivity contribution in [2.24, 2.45) is 5.73 Å². The molecule has 23 heavy (non-hydrogen) atoms. The summed E-state index contributed by atoms with van der Waals surface area (Å²) in [6.45, 7) is 0.640. The van der Waals surface area contributed by atoms with Gasteiger partial charge in [-0.3, -0.25) is 4.79 Å². The molecular formula is C18H35N3O2. The van der Waals surface area contributed by atoms with E-state index in [1.165, 1.54) is 64.2 Å². The Balaban J connectivity index is 1.99. The summed E-state index contributed by atoms with van der Waals surface area (Å²) in [6.07, 6.45) is 15.0. The minimum absolute atomic E-state index is 0.467. The van der Waals surface area contributed by atoms with Crippen molar-refractivity contribution in [3.8, 4) is 0 Å². The summed E-state index contributed by atoms with van der Waals surface area (Å²) in [5, 5.41) is 12.0. The van der Waals surface area contributed by atoms with Crippen molar-refractivity contribution in [3.05, 3.63) is 0 Å². The van der Waals surface area contributed by atoms with Crippen molar-refractivity contribution in [1.82, 2.24) is 10.4 Å². The van der Waals surface area contributed by atoms with Gasteiger partial charge in [-0.15, -0.1) is 0 Å². The van der Waals surface area contributed by atoms with Crippen molar-refractivity contribution in [2.45, 2.75) is 102 Å². The van der Waals surface area contributed by atoms with Crippen molar-refractivity contribution < 1.29 is 9.90 Å². The summed E-state index contributed by atoms with van der Waals surface area (Å²) in [4.78, 5) is 11.7. The zero-order chi connectivity index (χ0) is 16.5. The second kappa shape index (κ2) is 10.3. The van der Waals surface area contributed by atoms with Gasteiger partial charge in [0.05, 0.1) is 0 Å². The van der Waals surface area contributed by atoms with E-state index in [1.807, 2.05) is 0 Å². The third-order valence-electron chi connectivity index (χ3n) is 5.49. The van der Waals surface area contributed by atoms with E-state index in [-0.39, 0.29) is 0 Å². The number of rotatable bonds is 9. The zero-order valence-corrected chi connectivity index (χ0v) is 14.5. The minimum atomic E-state index is -0.723. The number of hydrazine groups is 1. The lowest BCUT2D eigenvalue weighted by Gasteiger charge is -2.43. The van der Waals surface area contributed by atoms with Crippen LogP contribution in [0.5, 0.6) is 0 Å². The van der Waals surface area contributed by atoms with E-state index >= 15 is 0 Å². The summed E-state index contributed by atoms with van der Waals surface area (Å²) < 4.78 is 0. The number of carboxylic acids is 1. The highest BCUT2D eigenvalue weighted by atomic mass is 16.4. The molecule has 0 bridgehead atoms. The van der Waals surface area contributed by atoms with E-state index in [0.717, 1.165) is 12.8 Å². The van der Waals surface area contributed by atoms with Crippen molar-refractivity contribution >= 4 is 5.97 Å². The Morgan fingerprint density at radius 3 is 1.96 bits per heavy atom. The molecule has 4 N–H and O–H groups in total. The molecule has 2 fully saturated rings. The highest BCUT2D eigenvalue weighted by molar-refractivity contribution is 5.73. The third kappa shape index (κ3) is 6.05. The van der Waals surface area contributed by atoms with E-state index in [4.69, 9.17) is 5.73 Å². The van der Waals surface area contributed by atoms with Crippen LogP contribution < -0.4 is 11.2 Å². The molecule has 0 aromatic carbocycles. The molecule has 0 saturated heterocycles. The van der Waals surface area contributed by atoms with Gasteiger partial charge in [0.25, 0.3) is 0 Å². The molecule has 5 heteroatoms. The first-order valence-electron chi connectivity index (χ1n) is 9.69. The first kappa shape index (κ1) is 18.7. The molecule has 1 atom stereocenters. The molecule has 5 nitrogen and oxygen atoms in total. The fourth-order valence-corrected chi connectivity index (χ4v) is 4.14. The zero-order valence-electron chi connectivity index (χ0n) is 14.5. The van der Waals surface area contributed by atoms with Gasteiger partial charge in [0.15, 0.2) is 0 Å². The summed E-state index contributed by atoms with van der Waals surface area (Å²) in [5.41, 5.74) is 8.99. The molecule has 0 amide bonds. The number of unbranched alkanes of at least 4 members (excludes halogenated alkanes) is 1. The number of carboxylic acid groups (broad SMARTS) is 1. The maximum absolute atomic E-state index is 11.7. The molecule has 2 rings (SSSR count). The van der Waals surface area contributed by atoms with Gasteiger partial charge in [-0.1, -0.05) is 38.5 Å². The molecule has 0 aromatic heterocycles. The van der Waals surface area contributed by atoms with Crippen molar-refractivity contribution in [3.63, 3.8) is 0 Å². The van der Waals surface area contributed by atoms with Gasteiger partial charge < -0.3 is 10.8 Å². The molecule has 0 radical (unpaired) electrons. The maximum Gasteiger partial charge on any atom is 0.322 e. The summed E-state index contributed by atoms with van der Waals surface area (Å²) in [5.74, 6) is -0.723. The van der Waals surface area contributed by atoms with Gasteiger partial charge in [0, 0.05) is 12.1 Å². The second-order valence-electron chi connectivity index (χ2n) is 7.30. The number of nitrogens with one attached hydrogen (secondary N) is 1. The van der Waals surface area contributed by atoms with Crippen LogP contribution in [0, 0.1) is 0 Å². The Labute approximate surface area is 141 Å². The summed E-state index contributed by atoms with van der Waals surface area (Å²) in [6, 6.07) is 0.567. The average Bonchev–Trinajstić information content (AvgIpc) is 2.59. The number of aliphatic carboxylic acids is 1. The molecule has 134 valence electrons. The molecule has 0 heterocycles. The van der Waals surface area contributed by atoms with Crippen LogP contribution in [-0.2, 0) is 4.79 Å². The Morgan fingerprint density at radius 2 is 1.52 bits per heavy atom. The van der Waals surface area contributed by atoms with Crippen LogP contribution in [-0.4, -0.2) is 40.8 Å². The fourth-order valence-electron chi connectivity index (χ4n) is 4.14. The molecule has 0 aliphatic heterocycles. The number of hydrogen-bond donors (Lipinski definition) is 3. The molecule has 2 aliphatic carbocycles. The lowest BCUT2D eigenvalue weighted by atomic mass is 9.90. The highest BCUT2D eigenvalue weighted by Crippen LogP contribution is 2.29. The van der Waals surface area contributed by atoms with Gasteiger partial charge >= 0.3 is 5.97 Å². The molecule has 0 spiro atoms. The summed E-state index contributed by atoms with van der Waals surface area (Å²) in [7, 11) is 0. The van der Waals surface area contributed by atoms with E-state index in [9.17, 15) is 9.90 Å². The van der Waals surface area contributed by atoms with Gasteiger partial charge in [0.2, 0.25) is 0 Å². The Kier molecular flexibility index (Phi) is 8.34. The Hall–Kier alpha value is -0.650. The van der Waals surface area contributed by atoms with E-state index in [2.05, 4.69) is 10.4 Å². The lowest BCUT2D eigenvalue weighted by molar-refractivity contribution is -0.142. The average molecular weight is 325 g/mol. The van der Waals surface area contributed by atoms with Crippen LogP contribution in [0.25, 0.3) is 0 Å². The molecule has 0 aromatic rings. The monoisotopic (exact) mass is 325 g/mol. The lowest BCUT2D eigenvalue weighted by Crippen LogP contribution is -2.58. The fraction of sp³-hybridized carbons (Fsp3) is 0.944. The number of carbonyl (C=O) groups is 1. The number of hydrogen-bond acceptors (Lipinski definition) is 4. The van der Waals surface area contributed by atoms with Crippen LogP contribution >= 0.6 is 0 Å². The van der Waals surface area contributed by atoms with Gasteiger partial charge in [-0.05, 0) is 51.5 Å². The van der Waals surface area contributed by atoms with E-state index in [0.29, 0.717) is 25.0 Å². The van der Waals surface area contributed by atoms with Crippen LogP contribution in [0.15, 0.2) is 0 Å². The Bertz CT molecular complexity index is 321. The number of nitrogens with zero attached hydrogens (tertiary/aromatic N) is 1. The molecular weight excluding hydrogens is 290 g/mol. The topological polar surface area (TPSA) is 78.6 Å². The normalized spacial score (nSPS) is 22.3. The Morgan fingerprint density at radius 1 is 1.00 bits per heavy atom. The van der Waals surface area contributed by atoms with Crippen LogP contribution in [0.3, 0.4) is 0 Å². The van der Waals surface area contributed by atoms with Gasteiger partial charge in [-0.25, -0.2) is 10.4 Å². The SMILES string of the molecule is NCCCC[C@H](NN(C1CCCCC1)C1CCCCC1)C(=O)O. The minimum Gasteiger partial charge on any atom is -0.480 e. The predicted molar refractivity (Wildman–Crippen MR) is 93.0 cm³/mol. The second-order valence-corrected chi connectivity index (χ2v) is 7.30. The smallest absolute Gasteiger partial charge is 0.322 e. The van der Waals surface area contributed by atoms with Crippen LogP contribution in [0.1, 0.15) is 83.5 Å². The maximum atomic E-state index is 11.7. The largest absolute Gasteiger partial charge is 0.480 e. The quantitative estimate of drug-likeness (QED) is 0.448. The van der Waals surface area contributed by atoms with Crippen molar-refractivity contribution in [2.75, 3.05) is 6.54 Å². The van der Waals surface area contributed by atoms with Crippen molar-refractivity contribution in [1.29, 1.82) is 0 Å². The van der Waals surface area contributed by atoms with E-state index < -0.39 is 12.0 Å². The van der Waals surface area contributed by atoms with Gasteiger partial charge in [-0.2, -0.15) is 0 Å². The van der Waals surface area contributed by atoms with Gasteiger partial charge in [0.1, 0.15) is 6.04 Å². The predicted octanol–water partition coefficient (Wildman–Crippen LogP) is 3.04. The first-order chi connectivity index (χ1) is 11.2. The number of nitrogens with two attached hydrogens (primary N) is 1. The third-order valence-corrected chi connectivity index (χ3v) is 5.49. The highest BCUT2D eigenvalue weighted by Gasteiger charge is 2.32. The molecule has 0 unspecified atom stereocenters. The summed E-state index contributed by atoms with van der Waals surface area (Å²) >= 11 is 0.